The van der Waals surface area contributed by atoms with Crippen LogP contribution in [0, 0.1) is 13.8 Å². The van der Waals surface area contributed by atoms with Crippen molar-refractivity contribution in [3.8, 4) is 5.88 Å². The number of carbonyl (C=O) groups is 1. The van der Waals surface area contributed by atoms with Crippen molar-refractivity contribution in [1.82, 2.24) is 25.1 Å². The van der Waals surface area contributed by atoms with Crippen LogP contribution >= 0.6 is 0 Å². The number of nitrogens with zero attached hydrogens (tertiary/aromatic N) is 7. The Labute approximate surface area is 192 Å². The van der Waals surface area contributed by atoms with Crippen LogP contribution in [0.5, 0.6) is 5.88 Å². The molecule has 1 aliphatic heterocycles. The monoisotopic (exact) mass is 449 g/mol. The molecule has 1 fully saturated rings. The van der Waals surface area contributed by atoms with E-state index in [0.29, 0.717) is 0 Å². The molecule has 1 aliphatic rings. The van der Waals surface area contributed by atoms with Gasteiger partial charge >= 0.3 is 6.16 Å². The molecule has 10 nitrogen and oxygen atoms in total. The van der Waals surface area contributed by atoms with Crippen molar-refractivity contribution in [3.05, 3.63) is 59.3 Å². The lowest BCUT2D eigenvalue weighted by Crippen LogP contribution is -2.53. The zero-order valence-corrected chi connectivity index (χ0v) is 19.2. The third-order valence-corrected chi connectivity index (χ3v) is 5.91. The van der Waals surface area contributed by atoms with Crippen LogP contribution in [-0.2, 0) is 11.2 Å². The fourth-order valence-corrected chi connectivity index (χ4v) is 3.93. The number of rotatable bonds is 5. The Morgan fingerprint density at radius 2 is 1.88 bits per heavy atom. The molecule has 4 heterocycles. The van der Waals surface area contributed by atoms with Gasteiger partial charge in [0.2, 0.25) is 5.88 Å². The fourth-order valence-electron chi connectivity index (χ4n) is 3.93. The highest BCUT2D eigenvalue weighted by atomic mass is 16.7. The SMILES string of the molecule is COC(=O)Oc1cnc(N2CCN(c3nnc(Cc4ccncc4)c(C)c3C)C[C@H]2C)cn1. The molecule has 0 spiro atoms. The van der Waals surface area contributed by atoms with Crippen LogP contribution in [0.4, 0.5) is 16.4 Å². The van der Waals surface area contributed by atoms with E-state index in [0.717, 1.165) is 48.9 Å². The van der Waals surface area contributed by atoms with Gasteiger partial charge in [0.25, 0.3) is 0 Å². The molecular weight excluding hydrogens is 422 g/mol. The maximum absolute atomic E-state index is 11.2. The topological polar surface area (TPSA) is 106 Å². The van der Waals surface area contributed by atoms with E-state index in [1.165, 1.54) is 24.4 Å². The van der Waals surface area contributed by atoms with Gasteiger partial charge in [0.1, 0.15) is 5.82 Å². The van der Waals surface area contributed by atoms with Gasteiger partial charge in [0, 0.05) is 44.5 Å². The number of aromatic nitrogens is 5. The van der Waals surface area contributed by atoms with Crippen molar-refractivity contribution in [2.45, 2.75) is 33.2 Å². The second kappa shape index (κ2) is 9.76. The number of ether oxygens (including phenoxy) is 2. The van der Waals surface area contributed by atoms with Crippen molar-refractivity contribution in [3.63, 3.8) is 0 Å². The number of hydrogen-bond donors (Lipinski definition) is 0. The van der Waals surface area contributed by atoms with Gasteiger partial charge in [-0.15, -0.1) is 5.10 Å². The lowest BCUT2D eigenvalue weighted by atomic mass is 10.0. The Morgan fingerprint density at radius 1 is 1.09 bits per heavy atom. The summed E-state index contributed by atoms with van der Waals surface area (Å²) in [5.74, 6) is 1.75. The van der Waals surface area contributed by atoms with Crippen molar-refractivity contribution < 1.29 is 14.3 Å². The summed E-state index contributed by atoms with van der Waals surface area (Å²) in [7, 11) is 1.24. The predicted octanol–water partition coefficient (Wildman–Crippen LogP) is 2.73. The van der Waals surface area contributed by atoms with E-state index in [4.69, 9.17) is 4.74 Å². The number of hydrogen-bond acceptors (Lipinski definition) is 10. The Bertz CT molecular complexity index is 1110. The Balaban J connectivity index is 1.44. The number of methoxy groups -OCH3 is 1. The molecule has 0 saturated carbocycles. The highest BCUT2D eigenvalue weighted by Crippen LogP contribution is 2.26. The third kappa shape index (κ3) is 5.00. The van der Waals surface area contributed by atoms with Crippen molar-refractivity contribution >= 4 is 17.8 Å². The van der Waals surface area contributed by atoms with Crippen LogP contribution in [0.1, 0.15) is 29.3 Å². The summed E-state index contributed by atoms with van der Waals surface area (Å²) in [6.45, 7) is 8.67. The molecule has 3 aromatic rings. The molecular formula is C23H27N7O3. The van der Waals surface area contributed by atoms with E-state index < -0.39 is 6.16 Å². The normalized spacial score (nSPS) is 15.9. The number of pyridine rings is 1. The maximum Gasteiger partial charge on any atom is 0.514 e. The quantitative estimate of drug-likeness (QED) is 0.540. The molecule has 0 N–H and O–H groups in total. The molecule has 0 radical (unpaired) electrons. The lowest BCUT2D eigenvalue weighted by Gasteiger charge is -2.41. The first-order valence-corrected chi connectivity index (χ1v) is 10.8. The van der Waals surface area contributed by atoms with Gasteiger partial charge in [0.15, 0.2) is 5.82 Å². The van der Waals surface area contributed by atoms with Crippen LogP contribution in [0.25, 0.3) is 0 Å². The Kier molecular flexibility index (Phi) is 6.62. The number of piperazine rings is 1. The molecule has 1 saturated heterocycles. The average Bonchev–Trinajstić information content (AvgIpc) is 2.83. The molecule has 0 aromatic carbocycles. The molecule has 0 amide bonds. The molecule has 172 valence electrons. The lowest BCUT2D eigenvalue weighted by molar-refractivity contribution is 0.119. The molecule has 0 unspecified atom stereocenters. The fraction of sp³-hybridized carbons (Fsp3) is 0.391. The minimum absolute atomic E-state index is 0.102. The highest BCUT2D eigenvalue weighted by molar-refractivity contribution is 5.62. The standard InChI is InChI=1S/C23H27N7O3/c1-15-14-29(9-10-30(15)20-12-26-21(13-25-20)33-23(31)32-4)22-17(3)16(2)19(27-28-22)11-18-5-7-24-8-6-18/h5-8,12-13,15H,9-11,14H2,1-4H3/t15-/m1/s1. The van der Waals surface area contributed by atoms with E-state index >= 15 is 0 Å². The molecule has 3 aromatic heterocycles. The number of carbonyl (C=O) groups excluding carboxylic acids is 1. The zero-order chi connectivity index (χ0) is 23.4. The third-order valence-electron chi connectivity index (χ3n) is 5.91. The van der Waals surface area contributed by atoms with Gasteiger partial charge in [-0.3, -0.25) is 4.98 Å². The van der Waals surface area contributed by atoms with E-state index in [9.17, 15) is 4.79 Å². The Hall–Kier alpha value is -3.82. The molecule has 1 atom stereocenters. The minimum atomic E-state index is -0.822. The molecule has 0 aliphatic carbocycles. The summed E-state index contributed by atoms with van der Waals surface area (Å²) in [5, 5.41) is 9.14. The van der Waals surface area contributed by atoms with Crippen molar-refractivity contribution in [2.24, 2.45) is 0 Å². The van der Waals surface area contributed by atoms with E-state index in [-0.39, 0.29) is 11.9 Å². The first-order valence-electron chi connectivity index (χ1n) is 10.8. The molecule has 4 rings (SSSR count). The van der Waals surface area contributed by atoms with Crippen LogP contribution < -0.4 is 14.5 Å². The largest absolute Gasteiger partial charge is 0.514 e. The van der Waals surface area contributed by atoms with Gasteiger partial charge in [-0.25, -0.2) is 14.8 Å². The summed E-state index contributed by atoms with van der Waals surface area (Å²) in [5.41, 5.74) is 4.47. The van der Waals surface area contributed by atoms with E-state index in [1.807, 2.05) is 12.1 Å². The summed E-state index contributed by atoms with van der Waals surface area (Å²) in [6, 6.07) is 4.18. The second-order valence-corrected chi connectivity index (χ2v) is 8.01. The van der Waals surface area contributed by atoms with Gasteiger partial charge < -0.3 is 19.3 Å². The second-order valence-electron chi connectivity index (χ2n) is 8.01. The van der Waals surface area contributed by atoms with E-state index in [1.54, 1.807) is 18.6 Å². The summed E-state index contributed by atoms with van der Waals surface area (Å²) < 4.78 is 9.37. The van der Waals surface area contributed by atoms with Gasteiger partial charge in [-0.1, -0.05) is 0 Å². The smallest absolute Gasteiger partial charge is 0.437 e. The maximum atomic E-state index is 11.2. The molecule has 10 heteroatoms. The summed E-state index contributed by atoms with van der Waals surface area (Å²) >= 11 is 0. The van der Waals surface area contributed by atoms with Gasteiger partial charge in [-0.05, 0) is 49.6 Å². The van der Waals surface area contributed by atoms with Crippen molar-refractivity contribution in [1.29, 1.82) is 0 Å². The molecule has 33 heavy (non-hydrogen) atoms. The zero-order valence-electron chi connectivity index (χ0n) is 19.2. The van der Waals surface area contributed by atoms with Crippen molar-refractivity contribution in [2.75, 3.05) is 36.5 Å². The van der Waals surface area contributed by atoms with Crippen LogP contribution in [0.3, 0.4) is 0 Å². The van der Waals surface area contributed by atoms with Crippen LogP contribution in [0.15, 0.2) is 36.9 Å². The first kappa shape index (κ1) is 22.4. The average molecular weight is 450 g/mol. The predicted molar refractivity (Wildman–Crippen MR) is 123 cm³/mol. The minimum Gasteiger partial charge on any atom is -0.437 e. The van der Waals surface area contributed by atoms with Gasteiger partial charge in [-0.2, -0.15) is 5.10 Å². The van der Waals surface area contributed by atoms with Gasteiger partial charge in [0.05, 0.1) is 25.2 Å². The number of anilines is 2. The Morgan fingerprint density at radius 3 is 2.55 bits per heavy atom. The summed E-state index contributed by atoms with van der Waals surface area (Å²) in [4.78, 5) is 28.3. The molecule has 0 bridgehead atoms. The summed E-state index contributed by atoms with van der Waals surface area (Å²) in [6.07, 6.45) is 6.53. The van der Waals surface area contributed by atoms with E-state index in [2.05, 4.69) is 60.5 Å². The first-order chi connectivity index (χ1) is 16.0. The van der Waals surface area contributed by atoms with Crippen LogP contribution in [-0.4, -0.2) is 64.1 Å². The highest BCUT2D eigenvalue weighted by Gasteiger charge is 2.27. The van der Waals surface area contributed by atoms with Crippen LogP contribution in [0.2, 0.25) is 0 Å².